The molecule has 3 aromatic rings. The molecule has 2 N–H and O–H groups in total. The molecule has 2 aromatic heterocycles. The second-order valence-electron chi connectivity index (χ2n) is 7.25. The molecule has 1 fully saturated rings. The van der Waals surface area contributed by atoms with E-state index >= 15 is 0 Å². The number of benzene rings is 1. The molecule has 0 unspecified atom stereocenters. The highest BCUT2D eigenvalue weighted by molar-refractivity contribution is 5.76. The van der Waals surface area contributed by atoms with Gasteiger partial charge in [-0.2, -0.15) is 0 Å². The van der Waals surface area contributed by atoms with Crippen LogP contribution in [0.2, 0.25) is 0 Å². The van der Waals surface area contributed by atoms with Gasteiger partial charge >= 0.3 is 0 Å². The minimum absolute atomic E-state index is 0.242. The van der Waals surface area contributed by atoms with Crippen molar-refractivity contribution in [1.29, 1.82) is 0 Å². The maximum Gasteiger partial charge on any atom is 0.103 e. The van der Waals surface area contributed by atoms with Crippen molar-refractivity contribution in [1.82, 2.24) is 24.4 Å². The lowest BCUT2D eigenvalue weighted by Crippen LogP contribution is -2.43. The van der Waals surface area contributed by atoms with E-state index in [9.17, 15) is 5.11 Å². The molecule has 0 bridgehead atoms. The molecule has 0 spiro atoms. The van der Waals surface area contributed by atoms with Crippen LogP contribution in [0, 0.1) is 6.92 Å². The first-order valence-electron chi connectivity index (χ1n) is 9.73. The lowest BCUT2D eigenvalue weighted by molar-refractivity contribution is 0.0872. The molecule has 1 aliphatic rings. The van der Waals surface area contributed by atoms with Crippen LogP contribution in [0.25, 0.3) is 22.6 Å². The van der Waals surface area contributed by atoms with Crippen LogP contribution < -0.4 is 0 Å². The summed E-state index contributed by atoms with van der Waals surface area (Å²) in [6, 6.07) is 10.6. The van der Waals surface area contributed by atoms with Gasteiger partial charge < -0.3 is 14.7 Å². The van der Waals surface area contributed by atoms with Gasteiger partial charge in [-0.05, 0) is 26.3 Å². The summed E-state index contributed by atoms with van der Waals surface area (Å²) in [5.41, 5.74) is 4.13. The van der Waals surface area contributed by atoms with Crippen LogP contribution in [0.4, 0.5) is 0 Å². The number of piperidine rings is 1. The molecule has 3 heterocycles. The van der Waals surface area contributed by atoms with Crippen molar-refractivity contribution in [2.24, 2.45) is 0 Å². The number of aliphatic hydroxyl groups excluding tert-OH is 1. The van der Waals surface area contributed by atoms with Crippen LogP contribution in [-0.2, 0) is 6.54 Å². The summed E-state index contributed by atoms with van der Waals surface area (Å²) >= 11 is 0. The van der Waals surface area contributed by atoms with E-state index in [0.717, 1.165) is 54.5 Å². The highest BCUT2D eigenvalue weighted by Gasteiger charge is 2.22. The van der Waals surface area contributed by atoms with E-state index in [0.29, 0.717) is 0 Å². The SMILES string of the molecule is Cc1ncc(-c2c(-c3ccccc3)ncn2CCN2CCCC[C@@H]2CO)[nH]1. The molecule has 0 saturated carbocycles. The average Bonchev–Trinajstić information content (AvgIpc) is 3.33. The van der Waals surface area contributed by atoms with Gasteiger partial charge in [0, 0.05) is 24.7 Å². The molecule has 0 radical (unpaired) electrons. The van der Waals surface area contributed by atoms with Gasteiger partial charge in [0.1, 0.15) is 5.82 Å². The first-order chi connectivity index (χ1) is 13.3. The van der Waals surface area contributed by atoms with Crippen molar-refractivity contribution in [2.45, 2.75) is 38.8 Å². The lowest BCUT2D eigenvalue weighted by atomic mass is 10.0. The van der Waals surface area contributed by atoms with Crippen LogP contribution in [0.5, 0.6) is 0 Å². The predicted molar refractivity (Wildman–Crippen MR) is 106 cm³/mol. The van der Waals surface area contributed by atoms with E-state index in [1.807, 2.05) is 37.6 Å². The molecule has 0 aliphatic carbocycles. The van der Waals surface area contributed by atoms with Gasteiger partial charge in [0.05, 0.1) is 36.2 Å². The number of rotatable bonds is 6. The summed E-state index contributed by atoms with van der Waals surface area (Å²) < 4.78 is 2.21. The third-order valence-electron chi connectivity index (χ3n) is 5.43. The second-order valence-corrected chi connectivity index (χ2v) is 7.25. The minimum Gasteiger partial charge on any atom is -0.395 e. The Morgan fingerprint density at radius 1 is 1.15 bits per heavy atom. The Labute approximate surface area is 159 Å². The number of aliphatic hydroxyl groups is 1. The number of nitrogens with one attached hydrogen (secondary N) is 1. The Morgan fingerprint density at radius 3 is 2.74 bits per heavy atom. The molecule has 0 amide bonds. The van der Waals surface area contributed by atoms with Crippen molar-refractivity contribution in [3.63, 3.8) is 0 Å². The topological polar surface area (TPSA) is 70.0 Å². The Morgan fingerprint density at radius 2 is 2.00 bits per heavy atom. The van der Waals surface area contributed by atoms with E-state index in [-0.39, 0.29) is 12.6 Å². The fourth-order valence-electron chi connectivity index (χ4n) is 3.98. The van der Waals surface area contributed by atoms with Crippen LogP contribution in [-0.4, -0.2) is 55.3 Å². The molecule has 142 valence electrons. The summed E-state index contributed by atoms with van der Waals surface area (Å²) in [6.07, 6.45) is 7.31. The van der Waals surface area contributed by atoms with E-state index in [1.165, 1.54) is 12.8 Å². The molecule has 4 rings (SSSR count). The van der Waals surface area contributed by atoms with E-state index in [2.05, 4.69) is 31.6 Å². The highest BCUT2D eigenvalue weighted by atomic mass is 16.3. The molecule has 27 heavy (non-hydrogen) atoms. The Hall–Kier alpha value is -2.44. The third-order valence-corrected chi connectivity index (χ3v) is 5.43. The first kappa shape index (κ1) is 17.9. The number of aryl methyl sites for hydroxylation is 1. The van der Waals surface area contributed by atoms with Crippen molar-refractivity contribution in [2.75, 3.05) is 19.7 Å². The second kappa shape index (κ2) is 8.06. The standard InChI is InChI=1S/C21H27N5O/c1-16-22-13-19(24-16)21-20(17-7-3-2-4-8-17)23-15-26(21)12-11-25-10-6-5-9-18(25)14-27/h2-4,7-8,13,15,18,27H,5-6,9-12,14H2,1H3,(H,22,24)/t18-/m1/s1. The smallest absolute Gasteiger partial charge is 0.103 e. The fourth-order valence-corrected chi connectivity index (χ4v) is 3.98. The minimum atomic E-state index is 0.242. The summed E-state index contributed by atoms with van der Waals surface area (Å²) in [6.45, 7) is 5.02. The zero-order chi connectivity index (χ0) is 18.6. The van der Waals surface area contributed by atoms with Gasteiger partial charge in [0.2, 0.25) is 0 Å². The number of aromatic amines is 1. The number of hydrogen-bond acceptors (Lipinski definition) is 4. The predicted octanol–water partition coefficient (Wildman–Crippen LogP) is 3.10. The zero-order valence-corrected chi connectivity index (χ0v) is 15.8. The van der Waals surface area contributed by atoms with Crippen molar-refractivity contribution < 1.29 is 5.11 Å². The number of hydrogen-bond donors (Lipinski definition) is 2. The number of nitrogens with zero attached hydrogens (tertiary/aromatic N) is 4. The van der Waals surface area contributed by atoms with Gasteiger partial charge in [-0.15, -0.1) is 0 Å². The molecule has 1 atom stereocenters. The lowest BCUT2D eigenvalue weighted by Gasteiger charge is -2.34. The van der Waals surface area contributed by atoms with Crippen molar-refractivity contribution in [3.8, 4) is 22.6 Å². The van der Waals surface area contributed by atoms with Crippen LogP contribution in [0.3, 0.4) is 0 Å². The summed E-state index contributed by atoms with van der Waals surface area (Å²) in [7, 11) is 0. The fraction of sp³-hybridized carbons (Fsp3) is 0.429. The average molecular weight is 365 g/mol. The maximum absolute atomic E-state index is 9.67. The Balaban J connectivity index is 1.63. The monoisotopic (exact) mass is 365 g/mol. The Bertz CT molecular complexity index is 870. The van der Waals surface area contributed by atoms with E-state index in [1.54, 1.807) is 0 Å². The quantitative estimate of drug-likeness (QED) is 0.704. The molecule has 6 heteroatoms. The maximum atomic E-state index is 9.67. The molecular weight excluding hydrogens is 338 g/mol. The third kappa shape index (κ3) is 3.82. The Kier molecular flexibility index (Phi) is 5.36. The molecule has 1 aliphatic heterocycles. The number of likely N-dealkylation sites (tertiary alicyclic amines) is 1. The normalized spacial score (nSPS) is 18.1. The van der Waals surface area contributed by atoms with Gasteiger partial charge in [-0.3, -0.25) is 4.90 Å². The molecule has 6 nitrogen and oxygen atoms in total. The molecule has 1 saturated heterocycles. The highest BCUT2D eigenvalue weighted by Crippen LogP contribution is 2.30. The summed E-state index contributed by atoms with van der Waals surface area (Å²) in [4.78, 5) is 14.9. The number of aromatic nitrogens is 4. The zero-order valence-electron chi connectivity index (χ0n) is 15.8. The first-order valence-corrected chi connectivity index (χ1v) is 9.73. The van der Waals surface area contributed by atoms with Gasteiger partial charge in [-0.1, -0.05) is 36.8 Å². The van der Waals surface area contributed by atoms with E-state index < -0.39 is 0 Å². The van der Waals surface area contributed by atoms with Crippen molar-refractivity contribution >= 4 is 0 Å². The van der Waals surface area contributed by atoms with Gasteiger partial charge in [0.15, 0.2) is 0 Å². The van der Waals surface area contributed by atoms with Gasteiger partial charge in [-0.25, -0.2) is 9.97 Å². The van der Waals surface area contributed by atoms with Crippen molar-refractivity contribution in [3.05, 3.63) is 48.7 Å². The molecule has 1 aromatic carbocycles. The van der Waals surface area contributed by atoms with E-state index in [4.69, 9.17) is 4.98 Å². The van der Waals surface area contributed by atoms with Crippen LogP contribution in [0.15, 0.2) is 42.9 Å². The summed E-state index contributed by atoms with van der Waals surface area (Å²) in [5.74, 6) is 0.896. The van der Waals surface area contributed by atoms with Crippen LogP contribution in [0.1, 0.15) is 25.1 Å². The van der Waals surface area contributed by atoms with Gasteiger partial charge in [0.25, 0.3) is 0 Å². The number of H-pyrrole nitrogens is 1. The summed E-state index contributed by atoms with van der Waals surface area (Å²) in [5, 5.41) is 9.67. The largest absolute Gasteiger partial charge is 0.395 e. The molecular formula is C21H27N5O. The van der Waals surface area contributed by atoms with Crippen LogP contribution >= 0.6 is 0 Å². The number of imidazole rings is 2.